The maximum atomic E-state index is 9.47. The number of nitrogens with zero attached hydrogens (tertiary/aromatic N) is 5. The Labute approximate surface area is 181 Å². The number of nitrogens with one attached hydrogen (secondary N) is 2. The molecule has 0 saturated heterocycles. The van der Waals surface area contributed by atoms with Gasteiger partial charge in [0.05, 0.1) is 11.8 Å². The molecule has 0 amide bonds. The van der Waals surface area contributed by atoms with Crippen molar-refractivity contribution in [2.75, 3.05) is 30.9 Å². The zero-order chi connectivity index (χ0) is 22.7. The Hall–Kier alpha value is -4.02. The van der Waals surface area contributed by atoms with Crippen molar-refractivity contribution in [3.05, 3.63) is 40.5 Å². The van der Waals surface area contributed by atoms with Crippen LogP contribution >= 0.6 is 0 Å². The maximum absolute atomic E-state index is 9.47. The molecule has 0 aliphatic carbocycles. The number of ether oxygens (including phenoxy) is 1. The molecule has 3 rings (SSSR count). The van der Waals surface area contributed by atoms with Crippen LogP contribution in [-0.2, 0) is 6.54 Å². The minimum Gasteiger partial charge on any atom is -0.491 e. The number of aliphatic imine (C=N–C) groups is 1. The highest BCUT2D eigenvalue weighted by atomic mass is 16.5. The van der Waals surface area contributed by atoms with E-state index in [1.807, 2.05) is 63.3 Å². The molecule has 6 N–H and O–H groups in total. The van der Waals surface area contributed by atoms with Crippen LogP contribution in [0.1, 0.15) is 42.1 Å². The molecule has 0 radical (unpaired) electrons. The fourth-order valence-corrected chi connectivity index (χ4v) is 3.42. The summed E-state index contributed by atoms with van der Waals surface area (Å²) in [7, 11) is 3.95. The summed E-state index contributed by atoms with van der Waals surface area (Å²) in [5, 5.41) is 24.0. The van der Waals surface area contributed by atoms with Crippen LogP contribution in [0.15, 0.2) is 23.2 Å². The Morgan fingerprint density at radius 3 is 2.65 bits per heavy atom. The molecule has 160 valence electrons. The van der Waals surface area contributed by atoms with Gasteiger partial charge in [0.15, 0.2) is 6.19 Å². The van der Waals surface area contributed by atoms with Crippen molar-refractivity contribution in [2.45, 2.75) is 32.5 Å². The average Bonchev–Trinajstić information content (AvgIpc) is 2.68. The van der Waals surface area contributed by atoms with Gasteiger partial charge in [-0.2, -0.15) is 10.5 Å². The molecule has 0 spiro atoms. The van der Waals surface area contributed by atoms with E-state index in [4.69, 9.17) is 21.5 Å². The standard InChI is InChI=1S/C21H25N9O/c1-11(2)31-15-6-5-12(7-13(15)9-30(3)4)18-16-17(24)14(8-22)19(25)28-20(16)29-21(27-18)26-10-23/h5-7,11,18H,9H2,1-4H3,(H6,24,25,26,27,28,29). The van der Waals surface area contributed by atoms with Gasteiger partial charge in [0.2, 0.25) is 5.96 Å². The van der Waals surface area contributed by atoms with Crippen LogP contribution in [0.5, 0.6) is 5.75 Å². The molecule has 2 heterocycles. The molecule has 31 heavy (non-hydrogen) atoms. The Morgan fingerprint density at radius 2 is 2.03 bits per heavy atom. The molecule has 10 nitrogen and oxygen atoms in total. The van der Waals surface area contributed by atoms with E-state index in [9.17, 15) is 5.26 Å². The second-order valence-corrected chi connectivity index (χ2v) is 7.67. The zero-order valence-corrected chi connectivity index (χ0v) is 17.9. The molecular weight excluding hydrogens is 394 g/mol. The van der Waals surface area contributed by atoms with E-state index in [-0.39, 0.29) is 29.1 Å². The summed E-state index contributed by atoms with van der Waals surface area (Å²) in [6, 6.07) is 7.20. The summed E-state index contributed by atoms with van der Waals surface area (Å²) in [5.41, 5.74) is 14.8. The summed E-state index contributed by atoms with van der Waals surface area (Å²) < 4.78 is 5.97. The SMILES string of the molecule is CC(C)Oc1ccc(C2N=C(NC#N)Nc3nc(N)c(C#N)c(N)c32)cc1CN(C)C. The lowest BCUT2D eigenvalue weighted by Gasteiger charge is -2.27. The minimum absolute atomic E-state index is 0.0113. The van der Waals surface area contributed by atoms with E-state index in [2.05, 4.69) is 20.6 Å². The number of fused-ring (bicyclic) bond motifs is 1. The van der Waals surface area contributed by atoms with Crippen molar-refractivity contribution in [1.29, 1.82) is 10.5 Å². The lowest BCUT2D eigenvalue weighted by atomic mass is 9.93. The molecule has 10 heteroatoms. The number of hydrogen-bond acceptors (Lipinski definition) is 10. The van der Waals surface area contributed by atoms with Gasteiger partial charge in [0.1, 0.15) is 35.1 Å². The number of aromatic nitrogens is 1. The quantitative estimate of drug-likeness (QED) is 0.419. The van der Waals surface area contributed by atoms with E-state index in [1.54, 1.807) is 0 Å². The van der Waals surface area contributed by atoms with Crippen LogP contribution in [-0.4, -0.2) is 36.0 Å². The molecule has 1 aliphatic heterocycles. The number of nitriles is 2. The number of pyridine rings is 1. The molecular formula is C21H25N9O. The van der Waals surface area contributed by atoms with Crippen molar-refractivity contribution < 1.29 is 4.74 Å². The van der Waals surface area contributed by atoms with E-state index in [0.29, 0.717) is 17.9 Å². The van der Waals surface area contributed by atoms with Crippen LogP contribution in [0.4, 0.5) is 17.3 Å². The Kier molecular flexibility index (Phi) is 6.14. The third-order valence-corrected chi connectivity index (χ3v) is 4.61. The highest BCUT2D eigenvalue weighted by Crippen LogP contribution is 2.41. The lowest BCUT2D eigenvalue weighted by Crippen LogP contribution is -2.32. The molecule has 0 bridgehead atoms. The fourth-order valence-electron chi connectivity index (χ4n) is 3.42. The summed E-state index contributed by atoms with van der Waals surface area (Å²) >= 11 is 0. The molecule has 1 aromatic heterocycles. The van der Waals surface area contributed by atoms with Crippen LogP contribution < -0.4 is 26.8 Å². The fraction of sp³-hybridized carbons (Fsp3) is 0.333. The number of nitrogens with two attached hydrogens (primary N) is 2. The van der Waals surface area contributed by atoms with Crippen LogP contribution in [0.25, 0.3) is 0 Å². The van der Waals surface area contributed by atoms with Gasteiger partial charge in [0.25, 0.3) is 0 Å². The molecule has 0 saturated carbocycles. The van der Waals surface area contributed by atoms with Gasteiger partial charge in [-0.05, 0) is 45.6 Å². The van der Waals surface area contributed by atoms with Crippen LogP contribution in [0.2, 0.25) is 0 Å². The van der Waals surface area contributed by atoms with Gasteiger partial charge in [-0.1, -0.05) is 6.07 Å². The van der Waals surface area contributed by atoms with Crippen molar-refractivity contribution in [2.24, 2.45) is 4.99 Å². The van der Waals surface area contributed by atoms with Gasteiger partial charge in [0, 0.05) is 17.7 Å². The highest BCUT2D eigenvalue weighted by molar-refractivity contribution is 5.98. The van der Waals surface area contributed by atoms with Crippen LogP contribution in [0, 0.1) is 22.8 Å². The Balaban J connectivity index is 2.19. The molecule has 1 aromatic carbocycles. The van der Waals surface area contributed by atoms with Crippen molar-refractivity contribution >= 4 is 23.3 Å². The average molecular weight is 419 g/mol. The minimum atomic E-state index is -0.596. The monoisotopic (exact) mass is 419 g/mol. The van der Waals surface area contributed by atoms with Gasteiger partial charge in [-0.3, -0.25) is 5.32 Å². The van der Waals surface area contributed by atoms with Crippen molar-refractivity contribution in [3.8, 4) is 18.0 Å². The number of rotatable bonds is 5. The number of nitrogen functional groups attached to an aromatic ring is 2. The number of anilines is 3. The van der Waals surface area contributed by atoms with E-state index in [0.717, 1.165) is 16.9 Å². The second-order valence-electron chi connectivity index (χ2n) is 7.67. The largest absolute Gasteiger partial charge is 0.491 e. The number of guanidine groups is 1. The Morgan fingerprint density at radius 1 is 1.29 bits per heavy atom. The Bertz CT molecular complexity index is 1110. The zero-order valence-electron chi connectivity index (χ0n) is 17.9. The van der Waals surface area contributed by atoms with Crippen molar-refractivity contribution in [1.82, 2.24) is 15.2 Å². The predicted molar refractivity (Wildman–Crippen MR) is 119 cm³/mol. The van der Waals surface area contributed by atoms with E-state index >= 15 is 0 Å². The topological polar surface area (TPSA) is 161 Å². The second kappa shape index (κ2) is 8.78. The molecule has 1 atom stereocenters. The van der Waals surface area contributed by atoms with Gasteiger partial charge >= 0.3 is 0 Å². The molecule has 1 unspecified atom stereocenters. The predicted octanol–water partition coefficient (Wildman–Crippen LogP) is 1.91. The first-order valence-electron chi connectivity index (χ1n) is 9.68. The number of benzene rings is 1. The van der Waals surface area contributed by atoms with E-state index < -0.39 is 6.04 Å². The first-order valence-corrected chi connectivity index (χ1v) is 9.68. The van der Waals surface area contributed by atoms with E-state index in [1.165, 1.54) is 0 Å². The smallest absolute Gasteiger partial charge is 0.211 e. The lowest BCUT2D eigenvalue weighted by molar-refractivity contribution is 0.236. The summed E-state index contributed by atoms with van der Waals surface area (Å²) in [5.74, 6) is 1.36. The van der Waals surface area contributed by atoms with Crippen molar-refractivity contribution in [3.63, 3.8) is 0 Å². The molecule has 0 fully saturated rings. The van der Waals surface area contributed by atoms with Gasteiger partial charge in [-0.15, -0.1) is 0 Å². The van der Waals surface area contributed by atoms with Gasteiger partial charge in [-0.25, -0.2) is 9.98 Å². The maximum Gasteiger partial charge on any atom is 0.211 e. The molecule has 1 aliphatic rings. The normalized spacial score (nSPS) is 14.8. The third kappa shape index (κ3) is 4.44. The first-order chi connectivity index (χ1) is 14.7. The van der Waals surface area contributed by atoms with Gasteiger partial charge < -0.3 is 26.4 Å². The first kappa shape index (κ1) is 21.7. The third-order valence-electron chi connectivity index (χ3n) is 4.61. The summed E-state index contributed by atoms with van der Waals surface area (Å²) in [4.78, 5) is 10.9. The highest BCUT2D eigenvalue weighted by Gasteiger charge is 2.30. The number of hydrogen-bond donors (Lipinski definition) is 4. The summed E-state index contributed by atoms with van der Waals surface area (Å²) in [6.45, 7) is 4.60. The molecule has 2 aromatic rings. The van der Waals surface area contributed by atoms with Crippen LogP contribution in [0.3, 0.4) is 0 Å². The summed E-state index contributed by atoms with van der Waals surface area (Å²) in [6.07, 6.45) is 1.87.